The largest absolute Gasteiger partial charge is 0.124 e. The Hall–Kier alpha value is -0.730. The van der Waals surface area contributed by atoms with Gasteiger partial charge >= 0.3 is 0 Å². The molecule has 0 radical (unpaired) electrons. The van der Waals surface area contributed by atoms with Gasteiger partial charge in [-0.05, 0) is 6.42 Å². The van der Waals surface area contributed by atoms with E-state index in [-0.39, 0.29) is 0 Å². The highest BCUT2D eigenvalue weighted by atomic mass is 16.3. The average Bonchev–Trinajstić information content (AvgIpc) is 1.61. The quantitative estimate of drug-likeness (QED) is 0.282. The molecule has 0 amide bonds. The number of nitroso groups, excluding NO2 is 1. The molecule has 6 heavy (non-hydrogen) atoms. The van der Waals surface area contributed by atoms with E-state index in [0.29, 0.717) is 0 Å². The molecule has 0 aromatic rings. The van der Waals surface area contributed by atoms with Crippen molar-refractivity contribution in [2.75, 3.05) is 0 Å². The van der Waals surface area contributed by atoms with Crippen molar-refractivity contribution in [3.05, 3.63) is 4.91 Å². The van der Waals surface area contributed by atoms with Crippen molar-refractivity contribution >= 4 is 6.21 Å². The predicted molar refractivity (Wildman–Crippen MR) is 24.6 cm³/mol. The van der Waals surface area contributed by atoms with Gasteiger partial charge < -0.3 is 0 Å². The summed E-state index contributed by atoms with van der Waals surface area (Å²) >= 11 is 0. The minimum absolute atomic E-state index is 0.770. The topological polar surface area (TPSA) is 41.8 Å². The first-order valence-corrected chi connectivity index (χ1v) is 1.76. The lowest BCUT2D eigenvalue weighted by Gasteiger charge is -1.63. The number of hydrogen-bond donors (Lipinski definition) is 0. The van der Waals surface area contributed by atoms with Crippen molar-refractivity contribution in [3.8, 4) is 0 Å². The lowest BCUT2D eigenvalue weighted by Crippen LogP contribution is -1.59. The summed E-state index contributed by atoms with van der Waals surface area (Å²) in [6.07, 6.45) is 2.22. The standard InChI is InChI=1S/C3H6N2O/c1-2-3-4-5-6/h3H,2H2,1H3. The molecule has 0 aliphatic carbocycles. The highest BCUT2D eigenvalue weighted by Gasteiger charge is 1.59. The highest BCUT2D eigenvalue weighted by molar-refractivity contribution is 5.55. The maximum absolute atomic E-state index is 9.12. The van der Waals surface area contributed by atoms with Gasteiger partial charge in [-0.3, -0.25) is 0 Å². The van der Waals surface area contributed by atoms with E-state index in [1.165, 1.54) is 6.21 Å². The van der Waals surface area contributed by atoms with Gasteiger partial charge in [-0.1, -0.05) is 6.92 Å². The van der Waals surface area contributed by atoms with Crippen LogP contribution in [0, 0.1) is 4.91 Å². The Morgan fingerprint density at radius 1 is 1.83 bits per heavy atom. The third-order valence-corrected chi connectivity index (χ3v) is 0.311. The molecular weight excluding hydrogens is 80.0 g/mol. The first-order chi connectivity index (χ1) is 2.91. The second kappa shape index (κ2) is 4.27. The molecule has 0 rings (SSSR count). The first-order valence-electron chi connectivity index (χ1n) is 1.76. The molecule has 0 saturated carbocycles. The van der Waals surface area contributed by atoms with Crippen LogP contribution in [-0.2, 0) is 0 Å². The third-order valence-electron chi connectivity index (χ3n) is 0.311. The fourth-order valence-corrected chi connectivity index (χ4v) is 0.115. The van der Waals surface area contributed by atoms with Crippen LogP contribution in [0.15, 0.2) is 10.4 Å². The van der Waals surface area contributed by atoms with Gasteiger partial charge in [-0.15, -0.1) is 10.0 Å². The van der Waals surface area contributed by atoms with E-state index in [2.05, 4.69) is 10.4 Å². The Morgan fingerprint density at radius 3 is 2.67 bits per heavy atom. The summed E-state index contributed by atoms with van der Waals surface area (Å²) in [6.45, 7) is 1.88. The summed E-state index contributed by atoms with van der Waals surface area (Å²) < 4.78 is 0. The molecule has 0 spiro atoms. The normalized spacial score (nSPS) is 9.50. The number of hydrogen-bond acceptors (Lipinski definition) is 2. The van der Waals surface area contributed by atoms with Gasteiger partial charge in [0.05, 0.1) is 5.29 Å². The van der Waals surface area contributed by atoms with Crippen molar-refractivity contribution in [1.29, 1.82) is 0 Å². The van der Waals surface area contributed by atoms with E-state index in [4.69, 9.17) is 4.91 Å². The maximum Gasteiger partial charge on any atom is 0.0794 e. The molecule has 0 aromatic carbocycles. The summed E-state index contributed by atoms with van der Waals surface area (Å²) in [4.78, 5) is 9.12. The molecule has 0 aromatic heterocycles. The lowest BCUT2D eigenvalue weighted by atomic mass is 10.6. The van der Waals surface area contributed by atoms with Crippen LogP contribution in [-0.4, -0.2) is 6.21 Å². The Kier molecular flexibility index (Phi) is 3.75. The monoisotopic (exact) mass is 86.0 g/mol. The molecule has 0 atom stereocenters. The molecule has 0 aliphatic rings. The van der Waals surface area contributed by atoms with Crippen LogP contribution in [0.25, 0.3) is 0 Å². The van der Waals surface area contributed by atoms with Crippen LogP contribution in [0.1, 0.15) is 13.3 Å². The molecular formula is C3H6N2O. The van der Waals surface area contributed by atoms with Crippen LogP contribution in [0.2, 0.25) is 0 Å². The molecule has 0 heterocycles. The summed E-state index contributed by atoms with van der Waals surface area (Å²) in [7, 11) is 0. The van der Waals surface area contributed by atoms with Gasteiger partial charge in [0.15, 0.2) is 0 Å². The van der Waals surface area contributed by atoms with Gasteiger partial charge in [0.25, 0.3) is 0 Å². The van der Waals surface area contributed by atoms with Gasteiger partial charge in [0, 0.05) is 6.21 Å². The smallest absolute Gasteiger partial charge is 0.0794 e. The summed E-state index contributed by atoms with van der Waals surface area (Å²) in [5.41, 5.74) is 0. The molecule has 0 unspecified atom stereocenters. The van der Waals surface area contributed by atoms with Crippen LogP contribution >= 0.6 is 0 Å². The Bertz CT molecular complexity index is 59.8. The predicted octanol–water partition coefficient (Wildman–Crippen LogP) is 1.15. The minimum Gasteiger partial charge on any atom is -0.124 e. The summed E-state index contributed by atoms with van der Waals surface area (Å²) in [5, 5.41) is 5.28. The fourth-order valence-electron chi connectivity index (χ4n) is 0.115. The summed E-state index contributed by atoms with van der Waals surface area (Å²) in [5.74, 6) is 0. The van der Waals surface area contributed by atoms with Crippen LogP contribution in [0.4, 0.5) is 0 Å². The molecule has 0 N–H and O–H groups in total. The number of nitrogens with zero attached hydrogens (tertiary/aromatic N) is 2. The first kappa shape index (κ1) is 5.27. The summed E-state index contributed by atoms with van der Waals surface area (Å²) in [6, 6.07) is 0. The Morgan fingerprint density at radius 2 is 2.50 bits per heavy atom. The van der Waals surface area contributed by atoms with Crippen LogP contribution < -0.4 is 0 Å². The zero-order valence-electron chi connectivity index (χ0n) is 3.59. The molecule has 0 bridgehead atoms. The molecule has 0 saturated heterocycles. The third kappa shape index (κ3) is 3.27. The van der Waals surface area contributed by atoms with Crippen molar-refractivity contribution in [2.24, 2.45) is 10.4 Å². The molecule has 3 heteroatoms. The van der Waals surface area contributed by atoms with Crippen LogP contribution in [0.5, 0.6) is 0 Å². The van der Waals surface area contributed by atoms with Crippen molar-refractivity contribution in [1.82, 2.24) is 0 Å². The minimum atomic E-state index is 0.770. The zero-order valence-corrected chi connectivity index (χ0v) is 3.59. The van der Waals surface area contributed by atoms with Crippen molar-refractivity contribution in [2.45, 2.75) is 13.3 Å². The fraction of sp³-hybridized carbons (Fsp3) is 0.667. The van der Waals surface area contributed by atoms with Gasteiger partial charge in [-0.2, -0.15) is 0 Å². The van der Waals surface area contributed by atoms with E-state index >= 15 is 0 Å². The SMILES string of the molecule is CCC=NN=O. The molecule has 0 aliphatic heterocycles. The van der Waals surface area contributed by atoms with E-state index in [1.54, 1.807) is 0 Å². The van der Waals surface area contributed by atoms with Crippen LogP contribution in [0.3, 0.4) is 0 Å². The van der Waals surface area contributed by atoms with Gasteiger partial charge in [0.2, 0.25) is 0 Å². The van der Waals surface area contributed by atoms with Gasteiger partial charge in [-0.25, -0.2) is 0 Å². The second-order valence-corrected chi connectivity index (χ2v) is 0.788. The molecule has 0 fully saturated rings. The Labute approximate surface area is 36.0 Å². The van der Waals surface area contributed by atoms with E-state index in [0.717, 1.165) is 6.42 Å². The maximum atomic E-state index is 9.12. The Balaban J connectivity index is 2.94. The lowest BCUT2D eigenvalue weighted by molar-refractivity contribution is 1.19. The van der Waals surface area contributed by atoms with E-state index in [1.807, 2.05) is 6.92 Å². The molecule has 34 valence electrons. The second-order valence-electron chi connectivity index (χ2n) is 0.788. The van der Waals surface area contributed by atoms with Crippen molar-refractivity contribution < 1.29 is 0 Å². The van der Waals surface area contributed by atoms with E-state index in [9.17, 15) is 0 Å². The highest BCUT2D eigenvalue weighted by Crippen LogP contribution is 1.67. The number of rotatable bonds is 2. The average molecular weight is 86.1 g/mol. The van der Waals surface area contributed by atoms with Gasteiger partial charge in [0.1, 0.15) is 0 Å². The zero-order chi connectivity index (χ0) is 4.83. The van der Waals surface area contributed by atoms with E-state index < -0.39 is 0 Å². The van der Waals surface area contributed by atoms with Crippen molar-refractivity contribution in [3.63, 3.8) is 0 Å². The molecule has 3 nitrogen and oxygen atoms in total.